The molecule has 1 aliphatic carbocycles. The van der Waals surface area contributed by atoms with Gasteiger partial charge in [-0.05, 0) is 18.3 Å². The summed E-state index contributed by atoms with van der Waals surface area (Å²) in [5.74, 6) is -0.737. The Morgan fingerprint density at radius 3 is 2.33 bits per heavy atom. The molecule has 1 amide bonds. The Kier molecular flexibility index (Phi) is 3.72. The molecule has 15 heavy (non-hydrogen) atoms. The molecule has 4 nitrogen and oxygen atoms in total. The van der Waals surface area contributed by atoms with E-state index < -0.39 is 11.9 Å². The van der Waals surface area contributed by atoms with Gasteiger partial charge in [0.1, 0.15) is 0 Å². The van der Waals surface area contributed by atoms with Crippen LogP contribution in [-0.4, -0.2) is 23.5 Å². The summed E-state index contributed by atoms with van der Waals surface area (Å²) in [6, 6.07) is 0. The first kappa shape index (κ1) is 12.0. The van der Waals surface area contributed by atoms with Crippen LogP contribution in [0.25, 0.3) is 0 Å². The van der Waals surface area contributed by atoms with Crippen molar-refractivity contribution in [2.24, 2.45) is 23.7 Å². The topological polar surface area (TPSA) is 66.4 Å². The number of hydrogen-bond acceptors (Lipinski definition) is 2. The monoisotopic (exact) mass is 213 g/mol. The highest BCUT2D eigenvalue weighted by Crippen LogP contribution is 2.38. The van der Waals surface area contributed by atoms with E-state index in [2.05, 4.69) is 26.1 Å². The second kappa shape index (κ2) is 4.64. The SMILES string of the molecule is CC(C)C(C)CNC(=O)[C@@H]1C[C@@H]1C(=O)O. The van der Waals surface area contributed by atoms with Crippen LogP contribution < -0.4 is 5.32 Å². The van der Waals surface area contributed by atoms with Crippen LogP contribution in [0.4, 0.5) is 0 Å². The van der Waals surface area contributed by atoms with Crippen molar-refractivity contribution in [2.45, 2.75) is 27.2 Å². The Bertz CT molecular complexity index is 263. The predicted octanol–water partition coefficient (Wildman–Crippen LogP) is 1.12. The zero-order valence-electron chi connectivity index (χ0n) is 9.49. The molecule has 0 spiro atoms. The summed E-state index contributed by atoms with van der Waals surface area (Å²) in [5, 5.41) is 11.5. The average molecular weight is 213 g/mol. The first-order chi connectivity index (χ1) is 6.93. The summed E-state index contributed by atoms with van der Waals surface area (Å²) < 4.78 is 0. The van der Waals surface area contributed by atoms with Gasteiger partial charge in [-0.1, -0.05) is 20.8 Å². The van der Waals surface area contributed by atoms with Gasteiger partial charge in [0, 0.05) is 6.54 Å². The molecule has 1 rings (SSSR count). The van der Waals surface area contributed by atoms with Crippen LogP contribution in [0.5, 0.6) is 0 Å². The lowest BCUT2D eigenvalue weighted by atomic mass is 9.98. The van der Waals surface area contributed by atoms with Gasteiger partial charge in [-0.2, -0.15) is 0 Å². The van der Waals surface area contributed by atoms with E-state index in [1.165, 1.54) is 0 Å². The summed E-state index contributed by atoms with van der Waals surface area (Å²) >= 11 is 0. The predicted molar refractivity (Wildman–Crippen MR) is 56.2 cm³/mol. The third-order valence-electron chi connectivity index (χ3n) is 3.18. The Morgan fingerprint density at radius 1 is 1.33 bits per heavy atom. The molecule has 0 aliphatic heterocycles. The Labute approximate surface area is 90.0 Å². The molecule has 0 saturated heterocycles. The van der Waals surface area contributed by atoms with Crippen molar-refractivity contribution in [3.8, 4) is 0 Å². The highest BCUT2D eigenvalue weighted by Gasteiger charge is 2.48. The van der Waals surface area contributed by atoms with E-state index in [4.69, 9.17) is 5.11 Å². The van der Waals surface area contributed by atoms with Crippen LogP contribution in [0.3, 0.4) is 0 Å². The molecule has 1 aliphatic rings. The number of rotatable bonds is 5. The molecule has 1 saturated carbocycles. The molecule has 0 radical (unpaired) electrons. The van der Waals surface area contributed by atoms with E-state index in [0.717, 1.165) is 0 Å². The minimum absolute atomic E-state index is 0.102. The van der Waals surface area contributed by atoms with Crippen LogP contribution in [0.1, 0.15) is 27.2 Å². The second-order valence-electron chi connectivity index (χ2n) is 4.75. The molecule has 0 bridgehead atoms. The number of carboxylic acids is 1. The number of nitrogens with one attached hydrogen (secondary N) is 1. The molecule has 0 aromatic heterocycles. The third-order valence-corrected chi connectivity index (χ3v) is 3.18. The van der Waals surface area contributed by atoms with Crippen molar-refractivity contribution < 1.29 is 14.7 Å². The van der Waals surface area contributed by atoms with E-state index in [0.29, 0.717) is 24.8 Å². The number of aliphatic carboxylic acids is 1. The fraction of sp³-hybridized carbons (Fsp3) is 0.818. The van der Waals surface area contributed by atoms with Crippen LogP contribution in [0.15, 0.2) is 0 Å². The Morgan fingerprint density at radius 2 is 1.93 bits per heavy atom. The van der Waals surface area contributed by atoms with E-state index in [1.807, 2.05) is 0 Å². The van der Waals surface area contributed by atoms with Crippen molar-refractivity contribution in [3.05, 3.63) is 0 Å². The highest BCUT2D eigenvalue weighted by atomic mass is 16.4. The highest BCUT2D eigenvalue weighted by molar-refractivity contribution is 5.89. The van der Waals surface area contributed by atoms with Gasteiger partial charge in [0.2, 0.25) is 5.91 Å². The minimum Gasteiger partial charge on any atom is -0.481 e. The normalized spacial score (nSPS) is 26.1. The van der Waals surface area contributed by atoms with Gasteiger partial charge in [0.25, 0.3) is 0 Å². The maximum atomic E-state index is 11.5. The maximum Gasteiger partial charge on any atom is 0.307 e. The summed E-state index contributed by atoms with van der Waals surface area (Å²) in [4.78, 5) is 22.0. The van der Waals surface area contributed by atoms with Crippen LogP contribution in [0, 0.1) is 23.7 Å². The summed E-state index contributed by atoms with van der Waals surface area (Å²) in [6.45, 7) is 6.92. The summed E-state index contributed by atoms with van der Waals surface area (Å²) in [5.41, 5.74) is 0. The van der Waals surface area contributed by atoms with E-state index >= 15 is 0 Å². The summed E-state index contributed by atoms with van der Waals surface area (Å²) in [6.07, 6.45) is 0.497. The van der Waals surface area contributed by atoms with Gasteiger partial charge in [0.05, 0.1) is 11.8 Å². The maximum absolute atomic E-state index is 11.5. The van der Waals surface area contributed by atoms with Crippen LogP contribution in [0.2, 0.25) is 0 Å². The van der Waals surface area contributed by atoms with E-state index in [9.17, 15) is 9.59 Å². The van der Waals surface area contributed by atoms with Crippen molar-refractivity contribution in [3.63, 3.8) is 0 Å². The lowest BCUT2D eigenvalue weighted by Gasteiger charge is -2.15. The molecule has 0 heterocycles. The molecule has 1 fully saturated rings. The van der Waals surface area contributed by atoms with Crippen LogP contribution >= 0.6 is 0 Å². The minimum atomic E-state index is -0.855. The first-order valence-electron chi connectivity index (χ1n) is 5.44. The molecule has 4 heteroatoms. The smallest absolute Gasteiger partial charge is 0.307 e. The molecular weight excluding hydrogens is 194 g/mol. The average Bonchev–Trinajstić information content (AvgIpc) is 2.92. The molecule has 0 aromatic carbocycles. The quantitative estimate of drug-likeness (QED) is 0.719. The number of carbonyl (C=O) groups is 2. The van der Waals surface area contributed by atoms with E-state index in [-0.39, 0.29) is 11.8 Å². The fourth-order valence-corrected chi connectivity index (χ4v) is 1.39. The van der Waals surface area contributed by atoms with Gasteiger partial charge >= 0.3 is 5.97 Å². The van der Waals surface area contributed by atoms with Gasteiger partial charge in [-0.3, -0.25) is 9.59 Å². The van der Waals surface area contributed by atoms with Gasteiger partial charge in [-0.25, -0.2) is 0 Å². The van der Waals surface area contributed by atoms with Gasteiger partial charge < -0.3 is 10.4 Å². The molecular formula is C11H19NO3. The number of carbonyl (C=O) groups excluding carboxylic acids is 1. The number of hydrogen-bond donors (Lipinski definition) is 2. The van der Waals surface area contributed by atoms with Crippen molar-refractivity contribution in [1.29, 1.82) is 0 Å². The van der Waals surface area contributed by atoms with E-state index in [1.54, 1.807) is 0 Å². The molecule has 3 atom stereocenters. The Hall–Kier alpha value is -1.06. The zero-order chi connectivity index (χ0) is 11.6. The van der Waals surface area contributed by atoms with Crippen molar-refractivity contribution in [2.75, 3.05) is 6.54 Å². The Balaban J connectivity index is 2.24. The first-order valence-corrected chi connectivity index (χ1v) is 5.44. The second-order valence-corrected chi connectivity index (χ2v) is 4.75. The standard InChI is InChI=1S/C11H19NO3/c1-6(2)7(3)5-12-10(13)8-4-9(8)11(14)15/h6-9H,4-5H2,1-3H3,(H,12,13)(H,14,15)/t7?,8-,9+/m1/s1. The number of amides is 1. The molecule has 1 unspecified atom stereocenters. The molecule has 2 N–H and O–H groups in total. The van der Waals surface area contributed by atoms with Crippen molar-refractivity contribution >= 4 is 11.9 Å². The van der Waals surface area contributed by atoms with Gasteiger partial charge in [-0.15, -0.1) is 0 Å². The molecule has 86 valence electrons. The summed E-state index contributed by atoms with van der Waals surface area (Å²) in [7, 11) is 0. The largest absolute Gasteiger partial charge is 0.481 e. The van der Waals surface area contributed by atoms with Crippen LogP contribution in [-0.2, 0) is 9.59 Å². The number of carboxylic acid groups (broad SMARTS) is 1. The zero-order valence-corrected chi connectivity index (χ0v) is 9.49. The molecule has 0 aromatic rings. The van der Waals surface area contributed by atoms with Crippen molar-refractivity contribution in [1.82, 2.24) is 5.32 Å². The van der Waals surface area contributed by atoms with Gasteiger partial charge in [0.15, 0.2) is 0 Å². The lowest BCUT2D eigenvalue weighted by molar-refractivity contribution is -0.140. The fourth-order valence-electron chi connectivity index (χ4n) is 1.39. The third kappa shape index (κ3) is 3.22. The lowest BCUT2D eigenvalue weighted by Crippen LogP contribution is -2.32.